The lowest BCUT2D eigenvalue weighted by molar-refractivity contribution is 0.345. The molecular weight excluding hydrogens is 296 g/mol. The lowest BCUT2D eigenvalue weighted by Crippen LogP contribution is -2.25. The highest BCUT2D eigenvalue weighted by Gasteiger charge is 2.10. The molecule has 0 aliphatic rings. The van der Waals surface area contributed by atoms with Crippen molar-refractivity contribution in [2.45, 2.75) is 6.54 Å². The summed E-state index contributed by atoms with van der Waals surface area (Å²) in [6.45, 7) is 1.11. The number of methoxy groups -OCH3 is 1. The Bertz CT molecular complexity index is 585. The predicted molar refractivity (Wildman–Crippen MR) is 84.9 cm³/mol. The van der Waals surface area contributed by atoms with Crippen molar-refractivity contribution < 1.29 is 13.2 Å². The number of sulfone groups is 1. The highest BCUT2D eigenvalue weighted by atomic mass is 32.2. The van der Waals surface area contributed by atoms with E-state index < -0.39 is 9.84 Å². The maximum atomic E-state index is 11.1. The molecule has 0 atom stereocenters. The van der Waals surface area contributed by atoms with Crippen LogP contribution in [-0.4, -0.2) is 51.0 Å². The maximum absolute atomic E-state index is 11.1. The molecule has 112 valence electrons. The summed E-state index contributed by atoms with van der Waals surface area (Å²) in [6, 6.07) is 5.60. The van der Waals surface area contributed by atoms with Gasteiger partial charge in [0.1, 0.15) is 20.6 Å². The lowest BCUT2D eigenvalue weighted by Gasteiger charge is -2.17. The molecule has 0 unspecified atom stereocenters. The third-order valence-electron chi connectivity index (χ3n) is 2.83. The molecule has 0 aromatic heterocycles. The molecule has 5 nitrogen and oxygen atoms in total. The van der Waals surface area contributed by atoms with Gasteiger partial charge in [-0.25, -0.2) is 8.42 Å². The molecule has 7 heteroatoms. The van der Waals surface area contributed by atoms with Crippen LogP contribution in [-0.2, 0) is 16.4 Å². The molecular formula is C13H20N2O3S2. The van der Waals surface area contributed by atoms with Crippen LogP contribution in [0.4, 0.5) is 0 Å². The van der Waals surface area contributed by atoms with Gasteiger partial charge < -0.3 is 15.4 Å². The topological polar surface area (TPSA) is 72.6 Å². The van der Waals surface area contributed by atoms with Crippen LogP contribution in [0.2, 0.25) is 0 Å². The summed E-state index contributed by atoms with van der Waals surface area (Å²) in [6.07, 6.45) is 1.24. The first-order valence-electron chi connectivity index (χ1n) is 6.06. The van der Waals surface area contributed by atoms with Gasteiger partial charge in [0.15, 0.2) is 0 Å². The van der Waals surface area contributed by atoms with Gasteiger partial charge in [0, 0.05) is 19.3 Å². The van der Waals surface area contributed by atoms with Crippen molar-refractivity contribution in [3.8, 4) is 5.75 Å². The molecule has 20 heavy (non-hydrogen) atoms. The number of hydrogen-bond acceptors (Lipinski definition) is 5. The average molecular weight is 316 g/mol. The number of benzene rings is 1. The number of nitrogens with two attached hydrogens (primary N) is 1. The Kier molecular flexibility index (Phi) is 5.91. The Morgan fingerprint density at radius 3 is 2.60 bits per heavy atom. The molecule has 0 amide bonds. The zero-order chi connectivity index (χ0) is 15.3. The fourth-order valence-electron chi connectivity index (χ4n) is 1.75. The highest BCUT2D eigenvalue weighted by Crippen LogP contribution is 2.20. The minimum Gasteiger partial charge on any atom is -0.496 e. The molecule has 0 heterocycles. The van der Waals surface area contributed by atoms with E-state index in [-0.39, 0.29) is 5.75 Å². The predicted octanol–water partition coefficient (Wildman–Crippen LogP) is 0.806. The second kappa shape index (κ2) is 7.01. The second-order valence-electron chi connectivity index (χ2n) is 4.77. The molecule has 2 N–H and O–H groups in total. The summed E-state index contributed by atoms with van der Waals surface area (Å²) < 4.78 is 27.5. The van der Waals surface area contributed by atoms with Crippen LogP contribution in [0.25, 0.3) is 0 Å². The Morgan fingerprint density at radius 1 is 1.45 bits per heavy atom. The van der Waals surface area contributed by atoms with E-state index in [1.165, 1.54) is 6.26 Å². The maximum Gasteiger partial charge on any atom is 0.148 e. The number of rotatable bonds is 7. The van der Waals surface area contributed by atoms with Gasteiger partial charge in [0.05, 0.1) is 18.4 Å². The first-order valence-corrected chi connectivity index (χ1v) is 8.53. The van der Waals surface area contributed by atoms with E-state index in [0.717, 1.165) is 5.56 Å². The van der Waals surface area contributed by atoms with E-state index in [4.69, 9.17) is 22.7 Å². The van der Waals surface area contributed by atoms with Crippen LogP contribution >= 0.6 is 12.2 Å². The molecule has 0 spiro atoms. The molecule has 0 bridgehead atoms. The van der Waals surface area contributed by atoms with Crippen molar-refractivity contribution in [1.29, 1.82) is 0 Å². The Balaban J connectivity index is 2.76. The summed E-state index contributed by atoms with van der Waals surface area (Å²) in [5, 5.41) is 0. The van der Waals surface area contributed by atoms with Crippen molar-refractivity contribution in [3.05, 3.63) is 29.3 Å². The molecule has 1 aromatic rings. The summed E-state index contributed by atoms with van der Waals surface area (Å²) in [7, 11) is 0.496. The molecule has 0 saturated carbocycles. The van der Waals surface area contributed by atoms with Crippen molar-refractivity contribution in [1.82, 2.24) is 4.90 Å². The number of ether oxygens (including phenoxy) is 1. The summed E-state index contributed by atoms with van der Waals surface area (Å²) in [5.74, 6) is 0.775. The Hall–Kier alpha value is -1.18. The molecule has 0 fully saturated rings. The van der Waals surface area contributed by atoms with E-state index in [1.54, 1.807) is 7.11 Å². The van der Waals surface area contributed by atoms with Gasteiger partial charge in [-0.2, -0.15) is 0 Å². The number of hydrogen-bond donors (Lipinski definition) is 1. The largest absolute Gasteiger partial charge is 0.496 e. The summed E-state index contributed by atoms with van der Waals surface area (Å²) in [5.41, 5.74) is 7.32. The van der Waals surface area contributed by atoms with E-state index in [1.807, 2.05) is 30.1 Å². The number of thiocarbonyl (C=S) groups is 1. The minimum atomic E-state index is -2.94. The summed E-state index contributed by atoms with van der Waals surface area (Å²) in [4.78, 5) is 2.23. The van der Waals surface area contributed by atoms with Crippen molar-refractivity contribution in [2.24, 2.45) is 5.73 Å². The van der Waals surface area contributed by atoms with Crippen molar-refractivity contribution in [2.75, 3.05) is 32.7 Å². The average Bonchev–Trinajstić information content (AvgIpc) is 2.35. The first-order chi connectivity index (χ1) is 9.23. The lowest BCUT2D eigenvalue weighted by atomic mass is 10.1. The van der Waals surface area contributed by atoms with Crippen LogP contribution in [0.15, 0.2) is 18.2 Å². The van der Waals surface area contributed by atoms with Crippen LogP contribution < -0.4 is 10.5 Å². The fourth-order valence-corrected chi connectivity index (χ4v) is 2.56. The van der Waals surface area contributed by atoms with E-state index in [0.29, 0.717) is 29.4 Å². The zero-order valence-corrected chi connectivity index (χ0v) is 13.6. The fraction of sp³-hybridized carbons (Fsp3) is 0.462. The summed E-state index contributed by atoms with van der Waals surface area (Å²) >= 11 is 4.95. The van der Waals surface area contributed by atoms with Gasteiger partial charge >= 0.3 is 0 Å². The van der Waals surface area contributed by atoms with Crippen molar-refractivity contribution >= 4 is 27.0 Å². The molecule has 0 radical (unpaired) electrons. The third kappa shape index (κ3) is 5.44. The SMILES string of the molecule is COc1cc(CN(C)CCS(C)(=O)=O)ccc1C(N)=S. The standard InChI is InChI=1S/C13H20N2O3S2/c1-15(6-7-20(3,16)17)9-10-4-5-11(13(14)19)12(8-10)18-2/h4-5,8H,6-7,9H2,1-3H3,(H2,14,19). The number of nitrogens with zero attached hydrogens (tertiary/aromatic N) is 1. The zero-order valence-electron chi connectivity index (χ0n) is 11.9. The van der Waals surface area contributed by atoms with Gasteiger partial charge in [-0.15, -0.1) is 0 Å². The second-order valence-corrected chi connectivity index (χ2v) is 7.47. The van der Waals surface area contributed by atoms with Crippen molar-refractivity contribution in [3.63, 3.8) is 0 Å². The highest BCUT2D eigenvalue weighted by molar-refractivity contribution is 7.90. The van der Waals surface area contributed by atoms with Crippen LogP contribution in [0.5, 0.6) is 5.75 Å². The smallest absolute Gasteiger partial charge is 0.148 e. The molecule has 1 aromatic carbocycles. The van der Waals surface area contributed by atoms with Crippen LogP contribution in [0, 0.1) is 0 Å². The Morgan fingerprint density at radius 2 is 2.10 bits per heavy atom. The van der Waals surface area contributed by atoms with E-state index >= 15 is 0 Å². The first kappa shape index (κ1) is 16.9. The van der Waals surface area contributed by atoms with Gasteiger partial charge in [-0.05, 0) is 24.7 Å². The van der Waals surface area contributed by atoms with Crippen LogP contribution in [0.3, 0.4) is 0 Å². The van der Waals surface area contributed by atoms with Gasteiger partial charge in [0.2, 0.25) is 0 Å². The van der Waals surface area contributed by atoms with Gasteiger partial charge in [0.25, 0.3) is 0 Å². The Labute approximate surface area is 125 Å². The van der Waals surface area contributed by atoms with Gasteiger partial charge in [-0.1, -0.05) is 18.3 Å². The van der Waals surface area contributed by atoms with Gasteiger partial charge in [-0.3, -0.25) is 0 Å². The minimum absolute atomic E-state index is 0.144. The molecule has 0 aliphatic carbocycles. The van der Waals surface area contributed by atoms with E-state index in [2.05, 4.69) is 0 Å². The third-order valence-corrected chi connectivity index (χ3v) is 3.97. The monoisotopic (exact) mass is 316 g/mol. The quantitative estimate of drug-likeness (QED) is 0.750. The molecule has 1 rings (SSSR count). The molecule has 0 aliphatic heterocycles. The van der Waals surface area contributed by atoms with Crippen LogP contribution in [0.1, 0.15) is 11.1 Å². The molecule has 0 saturated heterocycles. The van der Waals surface area contributed by atoms with E-state index in [9.17, 15) is 8.42 Å². The normalized spacial score (nSPS) is 11.6.